The summed E-state index contributed by atoms with van der Waals surface area (Å²) < 4.78 is 6.80. The third-order valence-corrected chi connectivity index (χ3v) is 4.60. The lowest BCUT2D eigenvalue weighted by Gasteiger charge is -2.10. The van der Waals surface area contributed by atoms with Gasteiger partial charge >= 0.3 is 0 Å². The number of ether oxygens (including phenoxy) is 1. The summed E-state index contributed by atoms with van der Waals surface area (Å²) in [7, 11) is 0. The van der Waals surface area contributed by atoms with E-state index < -0.39 is 0 Å². The summed E-state index contributed by atoms with van der Waals surface area (Å²) in [6.07, 6.45) is 5.14. The van der Waals surface area contributed by atoms with E-state index in [2.05, 4.69) is 36.2 Å². The fourth-order valence-corrected chi connectivity index (χ4v) is 3.07. The molecule has 0 saturated carbocycles. The van der Waals surface area contributed by atoms with Crippen molar-refractivity contribution in [1.29, 1.82) is 0 Å². The van der Waals surface area contributed by atoms with Crippen LogP contribution in [0, 0.1) is 0 Å². The van der Waals surface area contributed by atoms with Gasteiger partial charge in [0, 0.05) is 34.4 Å². The molecule has 134 valence electrons. The van der Waals surface area contributed by atoms with Gasteiger partial charge in [-0.3, -0.25) is 4.98 Å². The predicted octanol–water partition coefficient (Wildman–Crippen LogP) is 4.98. The standard InChI is InChI=1S/C21H17BrN4O/c22-17-5-8-20-19(10-17)21(26-14-25-20)24-12-15-3-6-18(7-4-15)27-13-16-2-1-9-23-11-16/h1-11,14H,12-13H2,(H,24,25,26). The van der Waals surface area contributed by atoms with Crippen LogP contribution in [-0.2, 0) is 13.2 Å². The third kappa shape index (κ3) is 4.41. The highest BCUT2D eigenvalue weighted by molar-refractivity contribution is 9.10. The third-order valence-electron chi connectivity index (χ3n) is 4.11. The summed E-state index contributed by atoms with van der Waals surface area (Å²) >= 11 is 3.50. The average molecular weight is 421 g/mol. The monoisotopic (exact) mass is 420 g/mol. The van der Waals surface area contributed by atoms with Crippen LogP contribution in [-0.4, -0.2) is 15.0 Å². The Morgan fingerprint density at radius 3 is 2.67 bits per heavy atom. The van der Waals surface area contributed by atoms with Gasteiger partial charge in [0.05, 0.1) is 5.52 Å². The molecule has 6 heteroatoms. The first-order valence-corrected chi connectivity index (χ1v) is 9.32. The molecule has 0 unspecified atom stereocenters. The maximum atomic E-state index is 5.79. The smallest absolute Gasteiger partial charge is 0.137 e. The van der Waals surface area contributed by atoms with Gasteiger partial charge in [0.1, 0.15) is 24.5 Å². The van der Waals surface area contributed by atoms with E-state index >= 15 is 0 Å². The molecule has 4 rings (SSSR count). The van der Waals surface area contributed by atoms with Crippen LogP contribution in [0.4, 0.5) is 5.82 Å². The molecule has 2 aromatic carbocycles. The number of nitrogens with zero attached hydrogens (tertiary/aromatic N) is 3. The number of hydrogen-bond donors (Lipinski definition) is 1. The summed E-state index contributed by atoms with van der Waals surface area (Å²) in [5.41, 5.74) is 3.10. The predicted molar refractivity (Wildman–Crippen MR) is 110 cm³/mol. The second kappa shape index (κ2) is 8.14. The number of aromatic nitrogens is 3. The van der Waals surface area contributed by atoms with Gasteiger partial charge in [-0.2, -0.15) is 0 Å². The van der Waals surface area contributed by atoms with Gasteiger partial charge in [-0.25, -0.2) is 9.97 Å². The van der Waals surface area contributed by atoms with E-state index in [4.69, 9.17) is 4.74 Å². The van der Waals surface area contributed by atoms with E-state index in [1.165, 1.54) is 0 Å². The first kappa shape index (κ1) is 17.4. The molecule has 0 amide bonds. The molecule has 0 aliphatic heterocycles. The minimum absolute atomic E-state index is 0.507. The van der Waals surface area contributed by atoms with E-state index in [1.54, 1.807) is 12.5 Å². The zero-order valence-corrected chi connectivity index (χ0v) is 16.1. The molecule has 27 heavy (non-hydrogen) atoms. The number of anilines is 1. The van der Waals surface area contributed by atoms with E-state index in [-0.39, 0.29) is 0 Å². The molecule has 0 spiro atoms. The highest BCUT2D eigenvalue weighted by Gasteiger charge is 2.04. The molecule has 0 aliphatic carbocycles. The van der Waals surface area contributed by atoms with Crippen LogP contribution in [0.1, 0.15) is 11.1 Å². The van der Waals surface area contributed by atoms with Gasteiger partial charge in [-0.15, -0.1) is 0 Å². The molecule has 2 heterocycles. The number of nitrogens with one attached hydrogen (secondary N) is 1. The van der Waals surface area contributed by atoms with Gasteiger partial charge in [0.25, 0.3) is 0 Å². The van der Waals surface area contributed by atoms with Crippen LogP contribution in [0.25, 0.3) is 10.9 Å². The topological polar surface area (TPSA) is 59.9 Å². The summed E-state index contributed by atoms with van der Waals surface area (Å²) in [6, 6.07) is 17.9. The maximum absolute atomic E-state index is 5.79. The number of benzene rings is 2. The lowest BCUT2D eigenvalue weighted by molar-refractivity contribution is 0.305. The second-order valence-electron chi connectivity index (χ2n) is 6.03. The molecule has 0 saturated heterocycles. The van der Waals surface area contributed by atoms with Crippen LogP contribution in [0.15, 0.2) is 77.8 Å². The van der Waals surface area contributed by atoms with E-state index in [0.717, 1.165) is 38.1 Å². The normalized spacial score (nSPS) is 10.7. The molecule has 0 fully saturated rings. The minimum Gasteiger partial charge on any atom is -0.489 e. The number of hydrogen-bond acceptors (Lipinski definition) is 5. The van der Waals surface area contributed by atoms with Gasteiger partial charge < -0.3 is 10.1 Å². The van der Waals surface area contributed by atoms with Crippen molar-refractivity contribution in [2.75, 3.05) is 5.32 Å². The lowest BCUT2D eigenvalue weighted by Crippen LogP contribution is -2.03. The Morgan fingerprint density at radius 2 is 1.85 bits per heavy atom. The number of rotatable bonds is 6. The van der Waals surface area contributed by atoms with Crippen LogP contribution >= 0.6 is 15.9 Å². The van der Waals surface area contributed by atoms with Crippen molar-refractivity contribution in [2.45, 2.75) is 13.2 Å². The highest BCUT2D eigenvalue weighted by atomic mass is 79.9. The van der Waals surface area contributed by atoms with Crippen LogP contribution < -0.4 is 10.1 Å². The molecule has 0 bridgehead atoms. The molecule has 2 aromatic heterocycles. The Morgan fingerprint density at radius 1 is 0.963 bits per heavy atom. The van der Waals surface area contributed by atoms with Gasteiger partial charge in [0.2, 0.25) is 0 Å². The number of pyridine rings is 1. The molecular weight excluding hydrogens is 404 g/mol. The summed E-state index contributed by atoms with van der Waals surface area (Å²) in [5, 5.41) is 4.38. The van der Waals surface area contributed by atoms with Crippen molar-refractivity contribution < 1.29 is 4.74 Å². The molecule has 0 atom stereocenters. The minimum atomic E-state index is 0.507. The fourth-order valence-electron chi connectivity index (χ4n) is 2.71. The van der Waals surface area contributed by atoms with Crippen molar-refractivity contribution in [1.82, 2.24) is 15.0 Å². The fraction of sp³-hybridized carbons (Fsp3) is 0.0952. The van der Waals surface area contributed by atoms with Crippen molar-refractivity contribution in [3.8, 4) is 5.75 Å². The highest BCUT2D eigenvalue weighted by Crippen LogP contribution is 2.24. The SMILES string of the molecule is Brc1ccc2ncnc(NCc3ccc(OCc4cccnc4)cc3)c2c1. The van der Waals surface area contributed by atoms with Crippen molar-refractivity contribution in [3.63, 3.8) is 0 Å². The Balaban J connectivity index is 1.40. The largest absolute Gasteiger partial charge is 0.489 e. The van der Waals surface area contributed by atoms with Gasteiger partial charge in [0.15, 0.2) is 0 Å². The summed E-state index contributed by atoms with van der Waals surface area (Å²) in [6.45, 7) is 1.18. The quantitative estimate of drug-likeness (QED) is 0.476. The molecular formula is C21H17BrN4O. The van der Waals surface area contributed by atoms with E-state index in [1.807, 2.05) is 60.8 Å². The summed E-state index contributed by atoms with van der Waals surface area (Å²) in [5.74, 6) is 1.65. The molecule has 4 aromatic rings. The zero-order valence-electron chi connectivity index (χ0n) is 14.5. The maximum Gasteiger partial charge on any atom is 0.137 e. The first-order chi connectivity index (χ1) is 13.3. The van der Waals surface area contributed by atoms with Crippen molar-refractivity contribution in [3.05, 3.63) is 88.9 Å². The Bertz CT molecular complexity index is 1040. The summed E-state index contributed by atoms with van der Waals surface area (Å²) in [4.78, 5) is 12.8. The zero-order chi connectivity index (χ0) is 18.5. The first-order valence-electron chi connectivity index (χ1n) is 8.53. The van der Waals surface area contributed by atoms with Crippen LogP contribution in [0.3, 0.4) is 0 Å². The van der Waals surface area contributed by atoms with Crippen molar-refractivity contribution >= 4 is 32.7 Å². The molecule has 0 aliphatic rings. The Labute approximate surface area is 165 Å². The van der Waals surface area contributed by atoms with E-state index in [9.17, 15) is 0 Å². The van der Waals surface area contributed by atoms with Gasteiger partial charge in [-0.05, 0) is 42.0 Å². The second-order valence-corrected chi connectivity index (χ2v) is 6.95. The molecule has 0 radical (unpaired) electrons. The Hall–Kier alpha value is -2.99. The Kier molecular flexibility index (Phi) is 5.25. The van der Waals surface area contributed by atoms with Crippen LogP contribution in [0.2, 0.25) is 0 Å². The molecule has 5 nitrogen and oxygen atoms in total. The lowest BCUT2D eigenvalue weighted by atomic mass is 10.2. The number of fused-ring (bicyclic) bond motifs is 1. The molecule has 1 N–H and O–H groups in total. The number of halogens is 1. The van der Waals surface area contributed by atoms with E-state index in [0.29, 0.717) is 13.2 Å². The average Bonchev–Trinajstić information content (AvgIpc) is 2.72. The van der Waals surface area contributed by atoms with Crippen LogP contribution in [0.5, 0.6) is 5.75 Å². The van der Waals surface area contributed by atoms with Crippen molar-refractivity contribution in [2.24, 2.45) is 0 Å². The van der Waals surface area contributed by atoms with Gasteiger partial charge in [-0.1, -0.05) is 34.1 Å².